The summed E-state index contributed by atoms with van der Waals surface area (Å²) in [6, 6.07) is 5.60. The van der Waals surface area contributed by atoms with Crippen molar-refractivity contribution in [3.05, 3.63) is 23.9 Å². The van der Waals surface area contributed by atoms with Crippen molar-refractivity contribution in [1.29, 1.82) is 0 Å². The van der Waals surface area contributed by atoms with Crippen molar-refractivity contribution >= 4 is 11.7 Å². The normalized spacial score (nSPS) is 15.1. The number of nitrogens with zero attached hydrogens (tertiary/aromatic N) is 1. The Labute approximate surface area is 156 Å². The highest BCUT2D eigenvalue weighted by atomic mass is 16.1. The summed E-state index contributed by atoms with van der Waals surface area (Å²) >= 11 is 0. The van der Waals surface area contributed by atoms with Gasteiger partial charge in [-0.15, -0.1) is 0 Å². The number of carbonyl (C=O) groups is 1. The number of anilines is 1. The van der Waals surface area contributed by atoms with Gasteiger partial charge in [-0.25, -0.2) is 4.98 Å². The summed E-state index contributed by atoms with van der Waals surface area (Å²) in [6.07, 6.45) is 10.3. The average molecular weight is 349 g/mol. The molecule has 3 heteroatoms. The summed E-state index contributed by atoms with van der Waals surface area (Å²) in [4.78, 5) is 15.8. The summed E-state index contributed by atoms with van der Waals surface area (Å²) < 4.78 is 0. The van der Waals surface area contributed by atoms with Gasteiger partial charge in [-0.3, -0.25) is 4.79 Å². The first kappa shape index (κ1) is 23.6. The molecule has 0 spiro atoms. The van der Waals surface area contributed by atoms with E-state index in [-0.39, 0.29) is 5.91 Å². The van der Waals surface area contributed by atoms with Crippen LogP contribution in [0.25, 0.3) is 0 Å². The Balaban J connectivity index is 0.000000475. The van der Waals surface area contributed by atoms with Crippen molar-refractivity contribution < 1.29 is 4.79 Å². The molecule has 1 N–H and O–H groups in total. The Morgan fingerprint density at radius 1 is 1.20 bits per heavy atom. The number of carbonyl (C=O) groups excluding carboxylic acids is 1. The molecule has 1 atom stereocenters. The smallest absolute Gasteiger partial charge is 0.225 e. The van der Waals surface area contributed by atoms with Gasteiger partial charge in [-0.1, -0.05) is 85.6 Å². The minimum atomic E-state index is 0.0439. The minimum absolute atomic E-state index is 0.0439. The Kier molecular flexibility index (Phi) is 14.1. The highest BCUT2D eigenvalue weighted by Gasteiger charge is 2.08. The SMILES string of the molecule is CC1CCCCC1.CCC.CCC(C)CC(=O)Nc1cccc(C)n1. The van der Waals surface area contributed by atoms with Crippen LogP contribution in [0.3, 0.4) is 0 Å². The molecule has 1 aliphatic rings. The fraction of sp³-hybridized carbons (Fsp3) is 0.727. The third-order valence-corrected chi connectivity index (χ3v) is 4.28. The van der Waals surface area contributed by atoms with Gasteiger partial charge in [0, 0.05) is 12.1 Å². The van der Waals surface area contributed by atoms with Crippen molar-refractivity contribution in [3.63, 3.8) is 0 Å². The third-order valence-electron chi connectivity index (χ3n) is 4.28. The van der Waals surface area contributed by atoms with Gasteiger partial charge < -0.3 is 5.32 Å². The molecular formula is C22H40N2O. The van der Waals surface area contributed by atoms with Crippen LogP contribution in [0.1, 0.15) is 91.7 Å². The van der Waals surface area contributed by atoms with Gasteiger partial charge in [-0.2, -0.15) is 0 Å². The molecule has 3 nitrogen and oxygen atoms in total. The van der Waals surface area contributed by atoms with Gasteiger partial charge in [0.15, 0.2) is 0 Å². The van der Waals surface area contributed by atoms with Crippen LogP contribution in [-0.2, 0) is 4.79 Å². The molecule has 1 aliphatic carbocycles. The lowest BCUT2D eigenvalue weighted by Gasteiger charge is -2.15. The number of nitrogens with one attached hydrogen (secondary N) is 1. The second-order valence-corrected chi connectivity index (χ2v) is 7.38. The number of hydrogen-bond donors (Lipinski definition) is 1. The fourth-order valence-electron chi connectivity index (χ4n) is 2.57. The van der Waals surface area contributed by atoms with Crippen molar-refractivity contribution in [2.45, 2.75) is 92.9 Å². The average Bonchev–Trinajstić information content (AvgIpc) is 2.56. The number of rotatable bonds is 4. The maximum atomic E-state index is 11.5. The molecule has 2 rings (SSSR count). The molecule has 1 fully saturated rings. The van der Waals surface area contributed by atoms with Crippen LogP contribution < -0.4 is 5.32 Å². The molecule has 1 aromatic rings. The van der Waals surface area contributed by atoms with E-state index in [1.54, 1.807) is 0 Å². The summed E-state index contributed by atoms with van der Waals surface area (Å²) in [6.45, 7) is 12.7. The van der Waals surface area contributed by atoms with Crippen LogP contribution in [0.15, 0.2) is 18.2 Å². The number of pyridine rings is 1. The molecule has 0 aliphatic heterocycles. The topological polar surface area (TPSA) is 42.0 Å². The summed E-state index contributed by atoms with van der Waals surface area (Å²) in [5.41, 5.74) is 0.913. The van der Waals surface area contributed by atoms with Crippen LogP contribution in [0.5, 0.6) is 0 Å². The lowest BCUT2D eigenvalue weighted by molar-refractivity contribution is -0.117. The van der Waals surface area contributed by atoms with E-state index in [1.807, 2.05) is 25.1 Å². The first-order chi connectivity index (χ1) is 11.9. The van der Waals surface area contributed by atoms with Crippen LogP contribution >= 0.6 is 0 Å². The van der Waals surface area contributed by atoms with Gasteiger partial charge in [0.25, 0.3) is 0 Å². The van der Waals surface area contributed by atoms with Gasteiger partial charge in [-0.05, 0) is 30.9 Å². The van der Waals surface area contributed by atoms with E-state index in [0.717, 1.165) is 18.0 Å². The lowest BCUT2D eigenvalue weighted by atomic mass is 9.91. The second kappa shape index (κ2) is 14.9. The first-order valence-electron chi connectivity index (χ1n) is 10.2. The predicted octanol–water partition coefficient (Wildman–Crippen LogP) is 6.77. The quantitative estimate of drug-likeness (QED) is 0.652. The molecule has 1 amide bonds. The maximum absolute atomic E-state index is 11.5. The van der Waals surface area contributed by atoms with Gasteiger partial charge >= 0.3 is 0 Å². The maximum Gasteiger partial charge on any atom is 0.225 e. The van der Waals surface area contributed by atoms with E-state index in [9.17, 15) is 4.79 Å². The molecule has 1 unspecified atom stereocenters. The number of aryl methyl sites for hydroxylation is 1. The summed E-state index contributed by atoms with van der Waals surface area (Å²) in [7, 11) is 0. The molecule has 1 aromatic heterocycles. The number of amides is 1. The van der Waals surface area contributed by atoms with E-state index >= 15 is 0 Å². The van der Waals surface area contributed by atoms with E-state index < -0.39 is 0 Å². The van der Waals surface area contributed by atoms with Gasteiger partial charge in [0.2, 0.25) is 5.91 Å². The Morgan fingerprint density at radius 2 is 1.80 bits per heavy atom. The zero-order chi connectivity index (χ0) is 19.1. The van der Waals surface area contributed by atoms with Crippen LogP contribution in [-0.4, -0.2) is 10.9 Å². The zero-order valence-electron chi connectivity index (χ0n) is 17.4. The molecule has 0 aromatic carbocycles. The van der Waals surface area contributed by atoms with E-state index in [2.05, 4.69) is 44.9 Å². The van der Waals surface area contributed by atoms with Gasteiger partial charge in [0.05, 0.1) is 0 Å². The Bertz CT molecular complexity index is 453. The van der Waals surface area contributed by atoms with Crippen molar-refractivity contribution in [2.24, 2.45) is 11.8 Å². The fourth-order valence-corrected chi connectivity index (χ4v) is 2.57. The van der Waals surface area contributed by atoms with Crippen LogP contribution in [0.2, 0.25) is 0 Å². The predicted molar refractivity (Wildman–Crippen MR) is 110 cm³/mol. The number of hydrogen-bond acceptors (Lipinski definition) is 2. The van der Waals surface area contributed by atoms with Gasteiger partial charge in [0.1, 0.15) is 5.82 Å². The molecule has 1 saturated carbocycles. The number of aromatic nitrogens is 1. The first-order valence-corrected chi connectivity index (χ1v) is 10.2. The molecule has 0 radical (unpaired) electrons. The van der Waals surface area contributed by atoms with E-state index in [0.29, 0.717) is 18.2 Å². The Morgan fingerprint density at radius 3 is 2.24 bits per heavy atom. The Hall–Kier alpha value is -1.38. The monoisotopic (exact) mass is 348 g/mol. The largest absolute Gasteiger partial charge is 0.311 e. The molecule has 25 heavy (non-hydrogen) atoms. The zero-order valence-corrected chi connectivity index (χ0v) is 17.4. The summed E-state index contributed by atoms with van der Waals surface area (Å²) in [5, 5.41) is 2.80. The highest BCUT2D eigenvalue weighted by molar-refractivity contribution is 5.89. The molecule has 0 saturated heterocycles. The summed E-state index contributed by atoms with van der Waals surface area (Å²) in [5.74, 6) is 2.15. The van der Waals surface area contributed by atoms with Crippen molar-refractivity contribution in [2.75, 3.05) is 5.32 Å². The van der Waals surface area contributed by atoms with Crippen LogP contribution in [0, 0.1) is 18.8 Å². The third kappa shape index (κ3) is 13.6. The minimum Gasteiger partial charge on any atom is -0.311 e. The lowest BCUT2D eigenvalue weighted by Crippen LogP contribution is -2.15. The van der Waals surface area contributed by atoms with E-state index in [1.165, 1.54) is 38.5 Å². The van der Waals surface area contributed by atoms with Crippen molar-refractivity contribution in [3.8, 4) is 0 Å². The standard InChI is InChI=1S/C12H18N2O.C7H14.C3H8/c1-4-9(2)8-12(15)14-11-7-5-6-10(3)13-11;1-7-5-3-2-4-6-7;1-3-2/h5-7,9H,4,8H2,1-3H3,(H,13,14,15);7H,2-6H2,1H3;3H2,1-2H3. The second-order valence-electron chi connectivity index (χ2n) is 7.38. The van der Waals surface area contributed by atoms with Crippen LogP contribution in [0.4, 0.5) is 5.82 Å². The molecule has 0 bridgehead atoms. The molecule has 1 heterocycles. The molecule has 144 valence electrons. The van der Waals surface area contributed by atoms with Crippen molar-refractivity contribution in [1.82, 2.24) is 4.98 Å². The van der Waals surface area contributed by atoms with E-state index in [4.69, 9.17) is 0 Å². The molecular weight excluding hydrogens is 308 g/mol. The highest BCUT2D eigenvalue weighted by Crippen LogP contribution is 2.22.